The van der Waals surface area contributed by atoms with Gasteiger partial charge in [-0.15, -0.1) is 0 Å². The van der Waals surface area contributed by atoms with Crippen LogP contribution >= 0.6 is 0 Å². The first-order chi connectivity index (χ1) is 6.72. The normalized spacial score (nSPS) is 12.4. The fourth-order valence-corrected chi connectivity index (χ4v) is 1.14. The second-order valence-electron chi connectivity index (χ2n) is 3.46. The Morgan fingerprint density at radius 3 is 3.00 bits per heavy atom. The molecule has 78 valence electrons. The van der Waals surface area contributed by atoms with Crippen LogP contribution in [0.3, 0.4) is 0 Å². The summed E-state index contributed by atoms with van der Waals surface area (Å²) in [7, 11) is 0. The van der Waals surface area contributed by atoms with Gasteiger partial charge in [0.15, 0.2) is 0 Å². The first kappa shape index (κ1) is 10.8. The lowest BCUT2D eigenvalue weighted by Gasteiger charge is -2.10. The van der Waals surface area contributed by atoms with Crippen molar-refractivity contribution in [2.75, 3.05) is 0 Å². The van der Waals surface area contributed by atoms with Crippen molar-refractivity contribution in [3.8, 4) is 0 Å². The second kappa shape index (κ2) is 5.47. The molecule has 0 aliphatic carbocycles. The Labute approximate surface area is 84.5 Å². The van der Waals surface area contributed by atoms with E-state index in [1.807, 2.05) is 19.1 Å². The number of carbonyl (C=O) groups is 1. The highest BCUT2D eigenvalue weighted by Crippen LogP contribution is 2.03. The molecule has 0 radical (unpaired) electrons. The van der Waals surface area contributed by atoms with Gasteiger partial charge in [-0.2, -0.15) is 0 Å². The number of nitrogens with one attached hydrogen (secondary N) is 1. The quantitative estimate of drug-likeness (QED) is 0.782. The van der Waals surface area contributed by atoms with Gasteiger partial charge in [0.05, 0.1) is 6.26 Å². The van der Waals surface area contributed by atoms with E-state index in [0.29, 0.717) is 12.8 Å². The highest BCUT2D eigenvalue weighted by molar-refractivity contribution is 5.76. The van der Waals surface area contributed by atoms with E-state index >= 15 is 0 Å². The molecule has 3 nitrogen and oxygen atoms in total. The molecular weight excluding hydrogens is 178 g/mol. The number of hydrogen-bond donors (Lipinski definition) is 1. The summed E-state index contributed by atoms with van der Waals surface area (Å²) in [5.74, 6) is 0.958. The molecule has 0 bridgehead atoms. The van der Waals surface area contributed by atoms with Gasteiger partial charge in [-0.1, -0.05) is 6.92 Å². The molecule has 0 fully saturated rings. The Kier molecular flexibility index (Phi) is 4.23. The topological polar surface area (TPSA) is 42.2 Å². The van der Waals surface area contributed by atoms with E-state index in [0.717, 1.165) is 12.2 Å². The van der Waals surface area contributed by atoms with Gasteiger partial charge in [0, 0.05) is 18.9 Å². The van der Waals surface area contributed by atoms with Crippen molar-refractivity contribution in [1.82, 2.24) is 5.32 Å². The summed E-state index contributed by atoms with van der Waals surface area (Å²) < 4.78 is 5.14. The predicted octanol–water partition coefficient (Wildman–Crippen LogP) is 2.13. The maximum atomic E-state index is 11.4. The smallest absolute Gasteiger partial charge is 0.220 e. The van der Waals surface area contributed by atoms with Gasteiger partial charge in [0.2, 0.25) is 5.91 Å². The van der Waals surface area contributed by atoms with E-state index in [2.05, 4.69) is 12.2 Å². The Hall–Kier alpha value is -1.25. The third-order valence-electron chi connectivity index (χ3n) is 2.20. The van der Waals surface area contributed by atoms with Crippen molar-refractivity contribution in [3.63, 3.8) is 0 Å². The second-order valence-corrected chi connectivity index (χ2v) is 3.46. The molecular formula is C11H17NO2. The average Bonchev–Trinajstić information content (AvgIpc) is 2.67. The van der Waals surface area contributed by atoms with Crippen molar-refractivity contribution >= 4 is 5.91 Å². The Morgan fingerprint density at radius 2 is 2.43 bits per heavy atom. The van der Waals surface area contributed by atoms with Crippen molar-refractivity contribution in [1.29, 1.82) is 0 Å². The summed E-state index contributed by atoms with van der Waals surface area (Å²) in [6.45, 7) is 4.06. The standard InChI is InChI=1S/C11H17NO2/c1-3-9(2)12-11(13)7-6-10-5-4-8-14-10/h4-5,8-9H,3,6-7H2,1-2H3,(H,12,13)/t9-/m0/s1. The van der Waals surface area contributed by atoms with Crippen molar-refractivity contribution in [2.24, 2.45) is 0 Å². The van der Waals surface area contributed by atoms with Crippen LogP contribution in [0.2, 0.25) is 0 Å². The van der Waals surface area contributed by atoms with Crippen LogP contribution in [0.1, 0.15) is 32.4 Å². The Bertz CT molecular complexity index is 267. The number of carbonyl (C=O) groups excluding carboxylic acids is 1. The zero-order chi connectivity index (χ0) is 10.4. The summed E-state index contributed by atoms with van der Waals surface area (Å²) in [6, 6.07) is 3.98. The number of aryl methyl sites for hydroxylation is 1. The summed E-state index contributed by atoms with van der Waals surface area (Å²) in [6.07, 6.45) is 3.77. The summed E-state index contributed by atoms with van der Waals surface area (Å²) in [5.41, 5.74) is 0. The highest BCUT2D eigenvalue weighted by atomic mass is 16.3. The van der Waals surface area contributed by atoms with Gasteiger partial charge < -0.3 is 9.73 Å². The van der Waals surface area contributed by atoms with Gasteiger partial charge in [-0.25, -0.2) is 0 Å². The first-order valence-corrected chi connectivity index (χ1v) is 5.04. The number of furan rings is 1. The molecule has 0 aliphatic heterocycles. The van der Waals surface area contributed by atoms with E-state index in [1.54, 1.807) is 6.26 Å². The lowest BCUT2D eigenvalue weighted by atomic mass is 10.2. The minimum Gasteiger partial charge on any atom is -0.469 e. The molecule has 1 rings (SSSR count). The van der Waals surface area contributed by atoms with Crippen LogP contribution in [0.15, 0.2) is 22.8 Å². The zero-order valence-corrected chi connectivity index (χ0v) is 8.75. The first-order valence-electron chi connectivity index (χ1n) is 5.04. The van der Waals surface area contributed by atoms with E-state index in [-0.39, 0.29) is 11.9 Å². The predicted molar refractivity (Wildman–Crippen MR) is 54.9 cm³/mol. The number of rotatable bonds is 5. The number of amides is 1. The Morgan fingerprint density at radius 1 is 1.64 bits per heavy atom. The van der Waals surface area contributed by atoms with E-state index in [4.69, 9.17) is 4.42 Å². The molecule has 1 aromatic rings. The minimum atomic E-state index is 0.0933. The van der Waals surface area contributed by atoms with E-state index < -0.39 is 0 Å². The molecule has 3 heteroatoms. The van der Waals surface area contributed by atoms with Crippen molar-refractivity contribution < 1.29 is 9.21 Å². The van der Waals surface area contributed by atoms with Crippen LogP contribution in [0.25, 0.3) is 0 Å². The molecule has 14 heavy (non-hydrogen) atoms. The molecule has 0 spiro atoms. The SMILES string of the molecule is CC[C@H](C)NC(=O)CCc1ccco1. The van der Waals surface area contributed by atoms with Crippen molar-refractivity contribution in [3.05, 3.63) is 24.2 Å². The molecule has 0 saturated carbocycles. The van der Waals surface area contributed by atoms with Crippen molar-refractivity contribution in [2.45, 2.75) is 39.2 Å². The molecule has 1 amide bonds. The summed E-state index contributed by atoms with van der Waals surface area (Å²) in [5, 5.41) is 2.91. The summed E-state index contributed by atoms with van der Waals surface area (Å²) in [4.78, 5) is 11.4. The van der Waals surface area contributed by atoms with Crippen LogP contribution < -0.4 is 5.32 Å². The highest BCUT2D eigenvalue weighted by Gasteiger charge is 2.06. The molecule has 1 heterocycles. The average molecular weight is 195 g/mol. The number of hydrogen-bond acceptors (Lipinski definition) is 2. The fourth-order valence-electron chi connectivity index (χ4n) is 1.14. The van der Waals surface area contributed by atoms with E-state index in [9.17, 15) is 4.79 Å². The van der Waals surface area contributed by atoms with Gasteiger partial charge in [0.1, 0.15) is 5.76 Å². The third kappa shape index (κ3) is 3.64. The lowest BCUT2D eigenvalue weighted by Crippen LogP contribution is -2.31. The zero-order valence-electron chi connectivity index (χ0n) is 8.75. The molecule has 0 unspecified atom stereocenters. The molecule has 0 aliphatic rings. The molecule has 1 aromatic heterocycles. The van der Waals surface area contributed by atoms with Crippen LogP contribution in [-0.4, -0.2) is 11.9 Å². The van der Waals surface area contributed by atoms with Crippen LogP contribution in [0.4, 0.5) is 0 Å². The monoisotopic (exact) mass is 195 g/mol. The maximum Gasteiger partial charge on any atom is 0.220 e. The Balaban J connectivity index is 2.22. The fraction of sp³-hybridized carbons (Fsp3) is 0.545. The lowest BCUT2D eigenvalue weighted by molar-refractivity contribution is -0.121. The van der Waals surface area contributed by atoms with Crippen LogP contribution in [0.5, 0.6) is 0 Å². The third-order valence-corrected chi connectivity index (χ3v) is 2.20. The van der Waals surface area contributed by atoms with Gasteiger partial charge in [0.25, 0.3) is 0 Å². The van der Waals surface area contributed by atoms with Gasteiger partial charge in [-0.05, 0) is 25.5 Å². The van der Waals surface area contributed by atoms with Crippen LogP contribution in [-0.2, 0) is 11.2 Å². The van der Waals surface area contributed by atoms with Crippen LogP contribution in [0, 0.1) is 0 Å². The van der Waals surface area contributed by atoms with Gasteiger partial charge >= 0.3 is 0 Å². The minimum absolute atomic E-state index is 0.0933. The largest absolute Gasteiger partial charge is 0.469 e. The summed E-state index contributed by atoms with van der Waals surface area (Å²) >= 11 is 0. The van der Waals surface area contributed by atoms with E-state index in [1.165, 1.54) is 0 Å². The van der Waals surface area contributed by atoms with Gasteiger partial charge in [-0.3, -0.25) is 4.79 Å². The molecule has 0 aromatic carbocycles. The molecule has 1 N–H and O–H groups in total. The maximum absolute atomic E-state index is 11.4. The molecule has 0 saturated heterocycles. The molecule has 1 atom stereocenters.